The number of sulfonamides is 1. The van der Waals surface area contributed by atoms with Gasteiger partial charge in [0.2, 0.25) is 0 Å². The Hall–Kier alpha value is -1.41. The van der Waals surface area contributed by atoms with E-state index in [0.717, 1.165) is 4.31 Å². The summed E-state index contributed by atoms with van der Waals surface area (Å²) in [6.45, 7) is 5.32. The van der Waals surface area contributed by atoms with Crippen LogP contribution in [0.1, 0.15) is 33.0 Å². The molecule has 0 aliphatic heterocycles. The van der Waals surface area contributed by atoms with Crippen molar-refractivity contribution in [2.45, 2.75) is 44.7 Å². The third-order valence-electron chi connectivity index (χ3n) is 2.80. The minimum absolute atomic E-state index is 0.00318. The van der Waals surface area contributed by atoms with Gasteiger partial charge in [-0.3, -0.25) is 4.79 Å². The second-order valence-electron chi connectivity index (χ2n) is 4.20. The average Bonchev–Trinajstić information content (AvgIpc) is 2.77. The van der Waals surface area contributed by atoms with E-state index in [-0.39, 0.29) is 18.0 Å². The molecule has 19 heavy (non-hydrogen) atoms. The predicted octanol–water partition coefficient (Wildman–Crippen LogP) is 0.846. The third-order valence-corrected chi connectivity index (χ3v) is 4.80. The number of rotatable bonds is 7. The van der Waals surface area contributed by atoms with Crippen molar-refractivity contribution in [1.82, 2.24) is 14.3 Å². The molecule has 1 rings (SSSR count). The number of nitrogens with one attached hydrogen (secondary N) is 1. The van der Waals surface area contributed by atoms with E-state index >= 15 is 0 Å². The number of hydrogen-bond acceptors (Lipinski definition) is 4. The highest BCUT2D eigenvalue weighted by molar-refractivity contribution is 7.89. The van der Waals surface area contributed by atoms with E-state index < -0.39 is 22.0 Å². The van der Waals surface area contributed by atoms with Crippen molar-refractivity contribution in [3.8, 4) is 0 Å². The minimum atomic E-state index is -3.73. The molecule has 1 aromatic heterocycles. The molecule has 8 heteroatoms. The van der Waals surface area contributed by atoms with Crippen LogP contribution in [0.2, 0.25) is 0 Å². The van der Waals surface area contributed by atoms with Gasteiger partial charge in [0.15, 0.2) is 5.03 Å². The van der Waals surface area contributed by atoms with Gasteiger partial charge in [0.05, 0.1) is 12.6 Å². The van der Waals surface area contributed by atoms with Crippen LogP contribution < -0.4 is 0 Å². The maximum absolute atomic E-state index is 12.4. The largest absolute Gasteiger partial charge is 0.481 e. The van der Waals surface area contributed by atoms with Crippen molar-refractivity contribution in [2.75, 3.05) is 6.54 Å². The molecule has 0 aliphatic rings. The van der Waals surface area contributed by atoms with Crippen LogP contribution in [0.5, 0.6) is 0 Å². The van der Waals surface area contributed by atoms with E-state index in [2.05, 4.69) is 9.97 Å². The molecule has 0 saturated heterocycles. The summed E-state index contributed by atoms with van der Waals surface area (Å²) < 4.78 is 25.9. The Balaban J connectivity index is 3.04. The maximum atomic E-state index is 12.4. The lowest BCUT2D eigenvalue weighted by Crippen LogP contribution is -2.39. The topological polar surface area (TPSA) is 103 Å². The highest BCUT2D eigenvalue weighted by Crippen LogP contribution is 2.18. The summed E-state index contributed by atoms with van der Waals surface area (Å²) in [5.41, 5.74) is 0. The Morgan fingerprint density at radius 3 is 2.58 bits per heavy atom. The van der Waals surface area contributed by atoms with E-state index in [1.807, 2.05) is 6.92 Å². The van der Waals surface area contributed by atoms with Gasteiger partial charge >= 0.3 is 5.97 Å². The monoisotopic (exact) mass is 289 g/mol. The smallest absolute Gasteiger partial charge is 0.304 e. The summed E-state index contributed by atoms with van der Waals surface area (Å²) in [7, 11) is -3.73. The van der Waals surface area contributed by atoms with Crippen molar-refractivity contribution in [2.24, 2.45) is 0 Å². The second-order valence-corrected chi connectivity index (χ2v) is 6.06. The highest BCUT2D eigenvalue weighted by atomic mass is 32.2. The third kappa shape index (κ3) is 3.54. The summed E-state index contributed by atoms with van der Waals surface area (Å²) in [6.07, 6.45) is 1.64. The van der Waals surface area contributed by atoms with E-state index in [1.165, 1.54) is 6.20 Å². The molecule has 0 saturated carbocycles. The van der Waals surface area contributed by atoms with Crippen LogP contribution in [0.15, 0.2) is 11.2 Å². The number of hydrogen-bond donors (Lipinski definition) is 2. The summed E-state index contributed by atoms with van der Waals surface area (Å²) in [5, 5.41) is 8.77. The van der Waals surface area contributed by atoms with Crippen molar-refractivity contribution >= 4 is 16.0 Å². The zero-order valence-electron chi connectivity index (χ0n) is 11.3. The van der Waals surface area contributed by atoms with E-state index in [0.29, 0.717) is 12.2 Å². The molecule has 0 bridgehead atoms. The fraction of sp³-hybridized carbons (Fsp3) is 0.636. The van der Waals surface area contributed by atoms with Crippen LogP contribution in [-0.2, 0) is 21.2 Å². The van der Waals surface area contributed by atoms with Crippen molar-refractivity contribution in [3.05, 3.63) is 12.0 Å². The molecule has 0 fully saturated rings. The zero-order chi connectivity index (χ0) is 14.6. The standard InChI is InChI=1S/C11H19N3O4S/c1-4-9-12-7-10(13-9)19(17,18)14(5-2)8(3)6-11(15)16/h7-8H,4-6H2,1-3H3,(H,12,13)(H,15,16). The zero-order valence-corrected chi connectivity index (χ0v) is 12.1. The number of aromatic nitrogens is 2. The Kier molecular flexibility index (Phi) is 5.07. The van der Waals surface area contributed by atoms with Gasteiger partial charge in [0.25, 0.3) is 10.0 Å². The lowest BCUT2D eigenvalue weighted by molar-refractivity contribution is -0.137. The molecule has 0 spiro atoms. The molecule has 0 aromatic carbocycles. The fourth-order valence-electron chi connectivity index (χ4n) is 1.85. The first-order valence-corrected chi connectivity index (χ1v) is 7.54. The fourth-order valence-corrected chi connectivity index (χ4v) is 3.43. The lowest BCUT2D eigenvalue weighted by atomic mass is 10.2. The molecule has 1 atom stereocenters. The Bertz CT molecular complexity index is 538. The van der Waals surface area contributed by atoms with Crippen LogP contribution in [-0.4, -0.2) is 46.4 Å². The first-order valence-electron chi connectivity index (χ1n) is 6.10. The first-order chi connectivity index (χ1) is 8.82. The van der Waals surface area contributed by atoms with Gasteiger partial charge in [-0.2, -0.15) is 4.31 Å². The lowest BCUT2D eigenvalue weighted by Gasteiger charge is -2.25. The van der Waals surface area contributed by atoms with Gasteiger partial charge in [-0.05, 0) is 6.92 Å². The van der Waals surface area contributed by atoms with Gasteiger partial charge < -0.3 is 10.1 Å². The van der Waals surface area contributed by atoms with Crippen LogP contribution >= 0.6 is 0 Å². The number of carboxylic acids is 1. The molecule has 7 nitrogen and oxygen atoms in total. The minimum Gasteiger partial charge on any atom is -0.481 e. The summed E-state index contributed by atoms with van der Waals surface area (Å²) in [5.74, 6) is -0.444. The van der Waals surface area contributed by atoms with Gasteiger partial charge in [0, 0.05) is 19.0 Å². The Morgan fingerprint density at radius 2 is 2.16 bits per heavy atom. The van der Waals surface area contributed by atoms with Crippen molar-refractivity contribution < 1.29 is 18.3 Å². The molecule has 1 unspecified atom stereocenters. The normalized spacial score (nSPS) is 13.7. The van der Waals surface area contributed by atoms with Crippen LogP contribution in [0.25, 0.3) is 0 Å². The highest BCUT2D eigenvalue weighted by Gasteiger charge is 2.30. The number of aliphatic carboxylic acids is 1. The summed E-state index contributed by atoms with van der Waals surface area (Å²) in [4.78, 5) is 17.4. The average molecular weight is 289 g/mol. The van der Waals surface area contributed by atoms with Crippen molar-refractivity contribution in [3.63, 3.8) is 0 Å². The second kappa shape index (κ2) is 6.16. The van der Waals surface area contributed by atoms with Crippen LogP contribution in [0, 0.1) is 0 Å². The number of nitrogens with zero attached hydrogens (tertiary/aromatic N) is 2. The van der Waals surface area contributed by atoms with E-state index in [1.54, 1.807) is 13.8 Å². The predicted molar refractivity (Wildman–Crippen MR) is 69.2 cm³/mol. The van der Waals surface area contributed by atoms with Gasteiger partial charge in [0.1, 0.15) is 5.82 Å². The van der Waals surface area contributed by atoms with Gasteiger partial charge in [-0.15, -0.1) is 0 Å². The van der Waals surface area contributed by atoms with Crippen LogP contribution in [0.3, 0.4) is 0 Å². The molecule has 2 N–H and O–H groups in total. The summed E-state index contributed by atoms with van der Waals surface area (Å²) in [6, 6.07) is -0.610. The molecule has 0 aliphatic carbocycles. The van der Waals surface area contributed by atoms with Crippen LogP contribution in [0.4, 0.5) is 0 Å². The van der Waals surface area contributed by atoms with Gasteiger partial charge in [-0.1, -0.05) is 13.8 Å². The Labute approximate surface area is 112 Å². The molecule has 0 radical (unpaired) electrons. The summed E-state index contributed by atoms with van der Waals surface area (Å²) >= 11 is 0. The number of carbonyl (C=O) groups is 1. The molecule has 0 amide bonds. The number of carboxylic acid groups (broad SMARTS) is 1. The maximum Gasteiger partial charge on any atom is 0.304 e. The number of aryl methyl sites for hydroxylation is 1. The molecule has 1 heterocycles. The first kappa shape index (κ1) is 15.6. The van der Waals surface area contributed by atoms with E-state index in [9.17, 15) is 13.2 Å². The van der Waals surface area contributed by atoms with E-state index in [4.69, 9.17) is 5.11 Å². The quantitative estimate of drug-likeness (QED) is 0.774. The molecular formula is C11H19N3O4S. The van der Waals surface area contributed by atoms with Gasteiger partial charge in [-0.25, -0.2) is 13.4 Å². The Morgan fingerprint density at radius 1 is 1.53 bits per heavy atom. The number of imidazole rings is 1. The van der Waals surface area contributed by atoms with Crippen molar-refractivity contribution in [1.29, 1.82) is 0 Å². The molecular weight excluding hydrogens is 270 g/mol. The number of aromatic amines is 1. The number of H-pyrrole nitrogens is 1. The molecule has 108 valence electrons. The SMILES string of the molecule is CCc1ncc(S(=O)(=O)N(CC)C(C)CC(=O)O)[nH]1. The molecule has 1 aromatic rings.